The van der Waals surface area contributed by atoms with Crippen LogP contribution in [0.5, 0.6) is 0 Å². The van der Waals surface area contributed by atoms with Crippen LogP contribution in [0.25, 0.3) is 0 Å². The second-order valence-electron chi connectivity index (χ2n) is 4.15. The Morgan fingerprint density at radius 3 is 2.00 bits per heavy atom. The number of hydrogen-bond donors (Lipinski definition) is 1. The lowest BCUT2D eigenvalue weighted by Gasteiger charge is -2.30. The first-order valence-corrected chi connectivity index (χ1v) is 5.83. The van der Waals surface area contributed by atoms with Crippen LogP contribution in [0.1, 0.15) is 59.8 Å². The molecule has 0 saturated heterocycles. The Labute approximate surface area is 88.7 Å². The van der Waals surface area contributed by atoms with Crippen molar-refractivity contribution in [2.24, 2.45) is 0 Å². The van der Waals surface area contributed by atoms with Crippen molar-refractivity contribution < 1.29 is 0 Å². The molecule has 0 aliphatic carbocycles. The van der Waals surface area contributed by atoms with Crippen LogP contribution in [-0.4, -0.2) is 11.6 Å². The Morgan fingerprint density at radius 2 is 1.71 bits per heavy atom. The maximum atomic E-state index is 9.27. The van der Waals surface area contributed by atoms with Crippen molar-refractivity contribution in [3.8, 4) is 6.07 Å². The van der Waals surface area contributed by atoms with Crippen molar-refractivity contribution in [3.63, 3.8) is 0 Å². The molecule has 0 aromatic carbocycles. The molecule has 0 spiro atoms. The highest BCUT2D eigenvalue weighted by atomic mass is 15.0. The molecule has 2 heteroatoms. The van der Waals surface area contributed by atoms with Gasteiger partial charge in [-0.05, 0) is 26.2 Å². The number of nitrogens with one attached hydrogen (secondary N) is 1. The van der Waals surface area contributed by atoms with E-state index in [9.17, 15) is 5.26 Å². The van der Waals surface area contributed by atoms with Gasteiger partial charge in [0, 0.05) is 6.04 Å². The van der Waals surface area contributed by atoms with Crippen molar-refractivity contribution in [3.05, 3.63) is 0 Å². The molecule has 0 aliphatic heterocycles. The Hall–Kier alpha value is -0.550. The topological polar surface area (TPSA) is 35.8 Å². The molecular formula is C12H24N2. The molecule has 1 N–H and O–H groups in total. The fourth-order valence-electron chi connectivity index (χ4n) is 1.84. The minimum Gasteiger partial charge on any atom is -0.297 e. The smallest absolute Gasteiger partial charge is 0.106 e. The minimum absolute atomic E-state index is 0.279. The monoisotopic (exact) mass is 196 g/mol. The van der Waals surface area contributed by atoms with Gasteiger partial charge >= 0.3 is 0 Å². The molecule has 0 fully saturated rings. The fourth-order valence-corrected chi connectivity index (χ4v) is 1.84. The number of rotatable bonds is 7. The Bertz CT molecular complexity index is 175. The highest BCUT2D eigenvalue weighted by Gasteiger charge is 2.28. The van der Waals surface area contributed by atoms with Gasteiger partial charge in [0.1, 0.15) is 5.54 Å². The molecule has 0 aromatic rings. The fraction of sp³-hybridized carbons (Fsp3) is 0.917. The standard InChI is InChI=1S/C12H24N2/c1-5-8-12(10-13,9-6-2)14-11(4)7-3/h11,14H,5-9H2,1-4H3. The molecule has 14 heavy (non-hydrogen) atoms. The third-order valence-corrected chi connectivity index (χ3v) is 2.70. The summed E-state index contributed by atoms with van der Waals surface area (Å²) in [4.78, 5) is 0. The maximum Gasteiger partial charge on any atom is 0.106 e. The molecule has 0 rings (SSSR count). The summed E-state index contributed by atoms with van der Waals surface area (Å²) in [7, 11) is 0. The molecule has 2 nitrogen and oxygen atoms in total. The van der Waals surface area contributed by atoms with Gasteiger partial charge in [-0.3, -0.25) is 5.32 Å². The van der Waals surface area contributed by atoms with Crippen molar-refractivity contribution in [2.45, 2.75) is 71.4 Å². The predicted octanol–water partition coefficient (Wildman–Crippen LogP) is 3.24. The summed E-state index contributed by atoms with van der Waals surface area (Å²) in [5.41, 5.74) is -0.279. The first kappa shape index (κ1) is 13.4. The van der Waals surface area contributed by atoms with Gasteiger partial charge in [0.2, 0.25) is 0 Å². The summed E-state index contributed by atoms with van der Waals surface area (Å²) in [6.45, 7) is 8.58. The summed E-state index contributed by atoms with van der Waals surface area (Å²) in [5, 5.41) is 12.7. The summed E-state index contributed by atoms with van der Waals surface area (Å²) >= 11 is 0. The van der Waals surface area contributed by atoms with E-state index in [4.69, 9.17) is 0 Å². The summed E-state index contributed by atoms with van der Waals surface area (Å²) in [5.74, 6) is 0. The Morgan fingerprint density at radius 1 is 1.21 bits per heavy atom. The van der Waals surface area contributed by atoms with Crippen molar-refractivity contribution >= 4 is 0 Å². The molecule has 0 heterocycles. The second-order valence-corrected chi connectivity index (χ2v) is 4.15. The van der Waals surface area contributed by atoms with Gasteiger partial charge in [-0.25, -0.2) is 0 Å². The van der Waals surface area contributed by atoms with Crippen LogP contribution >= 0.6 is 0 Å². The highest BCUT2D eigenvalue weighted by Crippen LogP contribution is 2.20. The van der Waals surface area contributed by atoms with Gasteiger partial charge in [-0.1, -0.05) is 33.6 Å². The number of nitrogens with zero attached hydrogens (tertiary/aromatic N) is 1. The van der Waals surface area contributed by atoms with Gasteiger partial charge in [-0.15, -0.1) is 0 Å². The summed E-state index contributed by atoms with van der Waals surface area (Å²) < 4.78 is 0. The van der Waals surface area contributed by atoms with Crippen LogP contribution < -0.4 is 5.32 Å². The zero-order valence-electron chi connectivity index (χ0n) is 10.1. The summed E-state index contributed by atoms with van der Waals surface area (Å²) in [6, 6.07) is 2.91. The van der Waals surface area contributed by atoms with Gasteiger partial charge in [0.25, 0.3) is 0 Å². The molecule has 82 valence electrons. The van der Waals surface area contributed by atoms with Gasteiger partial charge in [0.05, 0.1) is 6.07 Å². The first-order valence-electron chi connectivity index (χ1n) is 5.83. The minimum atomic E-state index is -0.279. The van der Waals surface area contributed by atoms with E-state index < -0.39 is 0 Å². The largest absolute Gasteiger partial charge is 0.297 e. The van der Waals surface area contributed by atoms with Crippen molar-refractivity contribution in [1.82, 2.24) is 5.32 Å². The number of nitriles is 1. The summed E-state index contributed by atoms with van der Waals surface area (Å²) in [6.07, 6.45) is 5.13. The molecule has 0 radical (unpaired) electrons. The zero-order chi connectivity index (χ0) is 11.0. The molecule has 0 aromatic heterocycles. The highest BCUT2D eigenvalue weighted by molar-refractivity contribution is 5.07. The van der Waals surface area contributed by atoms with Crippen molar-refractivity contribution in [2.75, 3.05) is 0 Å². The van der Waals surface area contributed by atoms with Gasteiger partial charge < -0.3 is 0 Å². The van der Waals surface area contributed by atoms with Crippen LogP contribution in [0.2, 0.25) is 0 Å². The molecule has 1 unspecified atom stereocenters. The molecule has 0 bridgehead atoms. The van der Waals surface area contributed by atoms with E-state index in [1.54, 1.807) is 0 Å². The van der Waals surface area contributed by atoms with E-state index in [1.165, 1.54) is 0 Å². The van der Waals surface area contributed by atoms with E-state index >= 15 is 0 Å². The third-order valence-electron chi connectivity index (χ3n) is 2.70. The van der Waals surface area contributed by atoms with Crippen LogP contribution in [-0.2, 0) is 0 Å². The van der Waals surface area contributed by atoms with Gasteiger partial charge in [-0.2, -0.15) is 5.26 Å². The quantitative estimate of drug-likeness (QED) is 0.678. The van der Waals surface area contributed by atoms with Crippen LogP contribution in [0, 0.1) is 11.3 Å². The van der Waals surface area contributed by atoms with Crippen LogP contribution in [0.3, 0.4) is 0 Å². The molecule has 1 atom stereocenters. The molecule has 0 saturated carbocycles. The molecule has 0 amide bonds. The third kappa shape index (κ3) is 4.11. The average molecular weight is 196 g/mol. The lowest BCUT2D eigenvalue weighted by Crippen LogP contribution is -2.48. The van der Waals surface area contributed by atoms with Crippen molar-refractivity contribution in [1.29, 1.82) is 5.26 Å². The normalized spacial score (nSPS) is 13.6. The SMILES string of the molecule is CCCC(C#N)(CCC)NC(C)CC. The first-order chi connectivity index (χ1) is 6.64. The Balaban J connectivity index is 4.42. The predicted molar refractivity (Wildman–Crippen MR) is 61.0 cm³/mol. The zero-order valence-corrected chi connectivity index (χ0v) is 10.1. The van der Waals surface area contributed by atoms with Crippen LogP contribution in [0.15, 0.2) is 0 Å². The Kier molecular flexibility index (Phi) is 6.57. The molecular weight excluding hydrogens is 172 g/mol. The van der Waals surface area contributed by atoms with E-state index in [1.807, 2.05) is 0 Å². The lowest BCUT2D eigenvalue weighted by molar-refractivity contribution is 0.314. The van der Waals surface area contributed by atoms with E-state index in [-0.39, 0.29) is 5.54 Å². The molecule has 0 aliphatic rings. The van der Waals surface area contributed by atoms with Crippen LogP contribution in [0.4, 0.5) is 0 Å². The average Bonchev–Trinajstić information content (AvgIpc) is 2.18. The van der Waals surface area contributed by atoms with Gasteiger partial charge in [0.15, 0.2) is 0 Å². The maximum absolute atomic E-state index is 9.27. The lowest BCUT2D eigenvalue weighted by atomic mass is 9.89. The van der Waals surface area contributed by atoms with E-state index in [0.29, 0.717) is 6.04 Å². The number of hydrogen-bond acceptors (Lipinski definition) is 2. The van der Waals surface area contributed by atoms with E-state index in [0.717, 1.165) is 32.1 Å². The second kappa shape index (κ2) is 6.84. The van der Waals surface area contributed by atoms with E-state index in [2.05, 4.69) is 39.1 Å².